The quantitative estimate of drug-likeness (QED) is 0.0997. The maximum absolute atomic E-state index is 4.78. The molecule has 0 saturated heterocycles. The van der Waals surface area contributed by atoms with Crippen LogP contribution in [0.4, 0.5) is 0 Å². The van der Waals surface area contributed by atoms with E-state index in [-0.39, 0.29) is 6.71 Å². The fraction of sp³-hybridized carbons (Fsp3) is 0.167. The molecule has 12 rings (SSSR count). The highest BCUT2D eigenvalue weighted by atomic mass is 14.7. The zero-order chi connectivity index (χ0) is 55.0. The minimum absolute atomic E-state index is 0.132. The van der Waals surface area contributed by atoms with E-state index < -0.39 is 0 Å². The molecule has 79 heavy (non-hydrogen) atoms. The molecule has 0 bridgehead atoms. The van der Waals surface area contributed by atoms with E-state index in [4.69, 9.17) is 29.9 Å². The first kappa shape index (κ1) is 50.3. The molecule has 0 atom stereocenters. The van der Waals surface area contributed by atoms with Crippen LogP contribution in [-0.4, -0.2) is 36.6 Å². The topological polar surface area (TPSA) is 77.3 Å². The molecule has 12 aromatic rings. The second kappa shape index (κ2) is 19.8. The van der Waals surface area contributed by atoms with E-state index in [2.05, 4.69) is 173 Å². The third kappa shape index (κ3) is 8.27. The molecular weight excluding hydrogens is 960 g/mol. The predicted molar refractivity (Wildman–Crippen MR) is 330 cm³/mol. The van der Waals surface area contributed by atoms with Gasteiger partial charge in [-0.3, -0.25) is 29.9 Å². The molecule has 6 aromatic heterocycles. The highest BCUT2D eigenvalue weighted by molar-refractivity contribution is 6.97. The Morgan fingerprint density at radius 3 is 0.747 bits per heavy atom. The molecule has 6 heterocycles. The van der Waals surface area contributed by atoms with Crippen molar-refractivity contribution in [3.63, 3.8) is 0 Å². The maximum Gasteiger partial charge on any atom is 0.243 e. The molecule has 0 fully saturated rings. The lowest BCUT2D eigenvalue weighted by Gasteiger charge is -2.31. The summed E-state index contributed by atoms with van der Waals surface area (Å²) in [6, 6.07) is 30.9. The zero-order valence-corrected chi connectivity index (χ0v) is 46.9. The average Bonchev–Trinajstić information content (AvgIpc) is 3.67. The van der Waals surface area contributed by atoms with Gasteiger partial charge in [-0.25, -0.2) is 0 Å². The fourth-order valence-corrected chi connectivity index (χ4v) is 12.3. The molecule has 0 radical (unpaired) electrons. The van der Waals surface area contributed by atoms with Gasteiger partial charge in [0.2, 0.25) is 6.71 Å². The van der Waals surface area contributed by atoms with Gasteiger partial charge in [-0.05, 0) is 189 Å². The van der Waals surface area contributed by atoms with Crippen LogP contribution in [0, 0.1) is 119 Å². The Morgan fingerprint density at radius 2 is 0.494 bits per heavy atom. The molecule has 6 nitrogen and oxygen atoms in total. The molecule has 0 unspecified atom stereocenters. The minimum atomic E-state index is -0.132. The molecule has 7 heteroatoms. The lowest BCUT2D eigenvalue weighted by Crippen LogP contribution is -2.58. The van der Waals surface area contributed by atoms with Gasteiger partial charge in [0.1, 0.15) is 0 Å². The Balaban J connectivity index is 1.07. The van der Waals surface area contributed by atoms with E-state index in [9.17, 15) is 0 Å². The van der Waals surface area contributed by atoms with Crippen molar-refractivity contribution in [2.75, 3.05) is 0 Å². The van der Waals surface area contributed by atoms with Gasteiger partial charge in [0.05, 0.1) is 33.1 Å². The van der Waals surface area contributed by atoms with Crippen molar-refractivity contribution >= 4 is 88.5 Å². The van der Waals surface area contributed by atoms with Crippen LogP contribution in [0.15, 0.2) is 128 Å². The molecule has 0 amide bonds. The SMILES string of the molecule is Cc1c(C)c(B(c2c(C)c(C)c(C#Cc3cc4cccnc4c4ncccc34)c(C)c2C)c2c(C)c(C)c(C#Cc3cc4cccnc4c4ncccc34)c(C)c2C)c(C)c(C)c1C#Cc1cc2cccnc2c2ncccc12. The van der Waals surface area contributed by atoms with Crippen LogP contribution in [0.5, 0.6) is 0 Å². The molecule has 0 aliphatic carbocycles. The number of fused-ring (bicyclic) bond motifs is 9. The van der Waals surface area contributed by atoms with Crippen molar-refractivity contribution in [1.82, 2.24) is 29.9 Å². The van der Waals surface area contributed by atoms with Crippen LogP contribution in [0.3, 0.4) is 0 Å². The van der Waals surface area contributed by atoms with E-state index in [1.807, 2.05) is 73.6 Å². The molecule has 6 aromatic carbocycles. The number of aromatic nitrogens is 6. The van der Waals surface area contributed by atoms with Crippen LogP contribution in [0.1, 0.15) is 100 Å². The van der Waals surface area contributed by atoms with Crippen molar-refractivity contribution in [2.45, 2.75) is 83.1 Å². The molecule has 0 N–H and O–H groups in total. The lowest BCUT2D eigenvalue weighted by molar-refractivity contribution is 1.22. The average molecular weight is 1020 g/mol. The van der Waals surface area contributed by atoms with Crippen LogP contribution in [-0.2, 0) is 0 Å². The van der Waals surface area contributed by atoms with Gasteiger partial charge >= 0.3 is 0 Å². The van der Waals surface area contributed by atoms with Crippen molar-refractivity contribution in [3.05, 3.63) is 228 Å². The summed E-state index contributed by atoms with van der Waals surface area (Å²) in [5, 5.41) is 6.05. The number of benzene rings is 6. The van der Waals surface area contributed by atoms with Gasteiger partial charge in [0, 0.05) is 103 Å². The van der Waals surface area contributed by atoms with Crippen LogP contribution >= 0.6 is 0 Å². The summed E-state index contributed by atoms with van der Waals surface area (Å²) in [5.74, 6) is 22.1. The molecular formula is C72H57BN6. The van der Waals surface area contributed by atoms with Crippen molar-refractivity contribution in [3.8, 4) is 35.5 Å². The summed E-state index contributed by atoms with van der Waals surface area (Å²) in [5.41, 5.74) is 29.6. The highest BCUT2D eigenvalue weighted by Crippen LogP contribution is 2.32. The second-order valence-corrected chi connectivity index (χ2v) is 21.2. The Kier molecular flexibility index (Phi) is 12.6. The Labute approximate surface area is 463 Å². The lowest BCUT2D eigenvalue weighted by atomic mass is 9.32. The first-order valence-corrected chi connectivity index (χ1v) is 27.0. The summed E-state index contributed by atoms with van der Waals surface area (Å²) < 4.78 is 0. The summed E-state index contributed by atoms with van der Waals surface area (Å²) in [6.45, 7) is 27.2. The number of hydrogen-bond donors (Lipinski definition) is 0. The molecule has 0 spiro atoms. The largest absolute Gasteiger partial charge is 0.254 e. The van der Waals surface area contributed by atoms with Gasteiger partial charge in [-0.2, -0.15) is 0 Å². The Bertz CT molecular complexity index is 4270. The Hall–Kier alpha value is -9.48. The van der Waals surface area contributed by atoms with E-state index in [1.54, 1.807) is 0 Å². The van der Waals surface area contributed by atoms with Crippen molar-refractivity contribution < 1.29 is 0 Å². The smallest absolute Gasteiger partial charge is 0.243 e. The third-order valence-corrected chi connectivity index (χ3v) is 17.3. The van der Waals surface area contributed by atoms with Crippen LogP contribution in [0.2, 0.25) is 0 Å². The molecule has 0 saturated carbocycles. The first-order valence-electron chi connectivity index (χ1n) is 27.0. The number of pyridine rings is 6. The van der Waals surface area contributed by atoms with Gasteiger partial charge in [0.25, 0.3) is 0 Å². The normalized spacial score (nSPS) is 11.2. The molecule has 0 aliphatic rings. The van der Waals surface area contributed by atoms with Gasteiger partial charge in [-0.1, -0.05) is 103 Å². The molecule has 0 aliphatic heterocycles. The summed E-state index contributed by atoms with van der Waals surface area (Å²) >= 11 is 0. The van der Waals surface area contributed by atoms with Crippen LogP contribution < -0.4 is 16.4 Å². The minimum Gasteiger partial charge on any atom is -0.254 e. The second-order valence-electron chi connectivity index (χ2n) is 21.2. The van der Waals surface area contributed by atoms with E-state index in [0.29, 0.717) is 0 Å². The monoisotopic (exact) mass is 1020 g/mol. The van der Waals surface area contributed by atoms with E-state index in [0.717, 1.165) is 98.8 Å². The van der Waals surface area contributed by atoms with Crippen molar-refractivity contribution in [1.29, 1.82) is 0 Å². The first-order chi connectivity index (χ1) is 38.2. The van der Waals surface area contributed by atoms with E-state index >= 15 is 0 Å². The highest BCUT2D eigenvalue weighted by Gasteiger charge is 2.35. The fourth-order valence-electron chi connectivity index (χ4n) is 12.3. The van der Waals surface area contributed by atoms with Gasteiger partial charge < -0.3 is 0 Å². The van der Waals surface area contributed by atoms with Gasteiger partial charge in [-0.15, -0.1) is 0 Å². The zero-order valence-electron chi connectivity index (χ0n) is 46.9. The van der Waals surface area contributed by atoms with E-state index in [1.165, 1.54) is 83.1 Å². The maximum atomic E-state index is 4.78. The number of nitrogens with zero attached hydrogens (tertiary/aromatic N) is 6. The Morgan fingerprint density at radius 1 is 0.266 bits per heavy atom. The summed E-state index contributed by atoms with van der Waals surface area (Å²) in [6.07, 6.45) is 11.0. The predicted octanol–water partition coefficient (Wildman–Crippen LogP) is 13.4. The standard InChI is InChI=1S/C72H57BN6/c1-40-46(7)64(47(8)41(2)58(40)28-25-52-37-55-19-13-31-74-67(55)70-61(52)22-16-34-77-70)73(65-48(9)42(3)59(43(4)49(65)10)29-26-53-38-56-20-14-32-75-68(56)71-62(53)23-17-35-78-71)66-50(11)44(5)60(45(6)51(66)12)30-27-54-39-57-21-15-33-76-69(57)72-63(54)24-18-36-79-72/h13-24,31-39H,1-12H3. The van der Waals surface area contributed by atoms with Crippen molar-refractivity contribution in [2.24, 2.45) is 0 Å². The number of rotatable bonds is 3. The summed E-state index contributed by atoms with van der Waals surface area (Å²) in [7, 11) is 0. The summed E-state index contributed by atoms with van der Waals surface area (Å²) in [4.78, 5) is 28.4. The van der Waals surface area contributed by atoms with Gasteiger partial charge in [0.15, 0.2) is 0 Å². The number of hydrogen-bond acceptors (Lipinski definition) is 6. The van der Waals surface area contributed by atoms with Crippen LogP contribution in [0.25, 0.3) is 65.4 Å². The third-order valence-electron chi connectivity index (χ3n) is 17.3. The molecule has 378 valence electrons.